The minimum Gasteiger partial charge on any atom is -0.465 e. The van der Waals surface area contributed by atoms with Crippen LogP contribution in [-0.4, -0.2) is 49.1 Å². The van der Waals surface area contributed by atoms with E-state index in [0.29, 0.717) is 31.7 Å². The van der Waals surface area contributed by atoms with Crippen molar-refractivity contribution in [3.05, 3.63) is 55.4 Å². The molecular weight excluding hydrogens is 354 g/mol. The maximum atomic E-state index is 12.1. The molecule has 11 heteroatoms. The third-order valence-electron chi connectivity index (χ3n) is 4.49. The highest BCUT2D eigenvalue weighted by molar-refractivity contribution is 5.91. The molecule has 0 saturated carbocycles. The Balaban J connectivity index is 1.64. The standard InChI is InChI=1S/C16H17N7O4/c1-27-14(26)9-5-12(24)19-11-2-3-22(7-10(9)11)6-8-4-13(25)23-16(18-8)20-15(17)21-23/h4-5H,2-3,6-7H2,1H3,(H,19,24)(H3,17,18,20,21). The van der Waals surface area contributed by atoms with Crippen molar-refractivity contribution in [2.24, 2.45) is 0 Å². The Hall–Kier alpha value is -3.47. The first-order chi connectivity index (χ1) is 12.9. The van der Waals surface area contributed by atoms with Gasteiger partial charge in [0.05, 0.1) is 18.4 Å². The average molecular weight is 371 g/mol. The largest absolute Gasteiger partial charge is 0.465 e. The maximum absolute atomic E-state index is 12.1. The number of carbonyl (C=O) groups is 1. The summed E-state index contributed by atoms with van der Waals surface area (Å²) in [7, 11) is 1.28. The molecule has 27 heavy (non-hydrogen) atoms. The lowest BCUT2D eigenvalue weighted by atomic mass is 10.00. The van der Waals surface area contributed by atoms with Crippen LogP contribution in [0.4, 0.5) is 5.95 Å². The predicted molar refractivity (Wildman–Crippen MR) is 94.2 cm³/mol. The second-order valence-corrected chi connectivity index (χ2v) is 6.29. The van der Waals surface area contributed by atoms with Gasteiger partial charge in [-0.2, -0.15) is 9.50 Å². The first-order valence-electron chi connectivity index (χ1n) is 8.24. The van der Waals surface area contributed by atoms with E-state index in [9.17, 15) is 14.4 Å². The highest BCUT2D eigenvalue weighted by Crippen LogP contribution is 2.21. The van der Waals surface area contributed by atoms with Crippen LogP contribution in [0.15, 0.2) is 21.7 Å². The van der Waals surface area contributed by atoms with Gasteiger partial charge in [0.2, 0.25) is 11.5 Å². The molecule has 0 aromatic carbocycles. The van der Waals surface area contributed by atoms with Gasteiger partial charge in [0.15, 0.2) is 0 Å². The second-order valence-electron chi connectivity index (χ2n) is 6.29. The number of nitrogens with two attached hydrogens (primary N) is 1. The normalized spacial score (nSPS) is 14.3. The third-order valence-corrected chi connectivity index (χ3v) is 4.49. The van der Waals surface area contributed by atoms with Gasteiger partial charge in [-0.25, -0.2) is 9.78 Å². The van der Waals surface area contributed by atoms with E-state index in [-0.39, 0.29) is 28.4 Å². The molecule has 1 aliphatic rings. The number of H-pyrrole nitrogens is 2. The number of rotatable bonds is 3. The molecule has 4 heterocycles. The van der Waals surface area contributed by atoms with Crippen molar-refractivity contribution in [2.45, 2.75) is 19.5 Å². The van der Waals surface area contributed by atoms with E-state index in [1.807, 2.05) is 4.90 Å². The number of hydrogen-bond acceptors (Lipinski definition) is 8. The fourth-order valence-corrected chi connectivity index (χ4v) is 3.29. The number of anilines is 1. The lowest BCUT2D eigenvalue weighted by molar-refractivity contribution is 0.0596. The molecule has 3 aromatic heterocycles. The first kappa shape index (κ1) is 17.0. The number of carbonyl (C=O) groups excluding carboxylic acids is 1. The summed E-state index contributed by atoms with van der Waals surface area (Å²) in [4.78, 5) is 49.1. The molecule has 0 unspecified atom stereocenters. The van der Waals surface area contributed by atoms with Crippen LogP contribution in [-0.2, 0) is 24.2 Å². The molecule has 4 N–H and O–H groups in total. The number of nitrogens with zero attached hydrogens (tertiary/aromatic N) is 4. The van der Waals surface area contributed by atoms with Crippen molar-refractivity contribution in [3.63, 3.8) is 0 Å². The molecule has 0 bridgehead atoms. The number of ether oxygens (including phenoxy) is 1. The summed E-state index contributed by atoms with van der Waals surface area (Å²) in [6, 6.07) is 2.66. The molecule has 1 aliphatic heterocycles. The molecule has 0 atom stereocenters. The van der Waals surface area contributed by atoms with Crippen LogP contribution in [0.5, 0.6) is 0 Å². The average Bonchev–Trinajstić information content (AvgIpc) is 3.01. The number of hydrogen-bond donors (Lipinski definition) is 3. The zero-order chi connectivity index (χ0) is 19.1. The fraction of sp³-hybridized carbons (Fsp3) is 0.312. The van der Waals surface area contributed by atoms with Crippen LogP contribution in [0.1, 0.15) is 27.3 Å². The van der Waals surface area contributed by atoms with Gasteiger partial charge in [-0.3, -0.25) is 19.6 Å². The SMILES string of the molecule is COC(=O)c1cc(=O)[nH]c2c1CN(Cc1cc(=O)n3[nH]c(N)nc3n1)CC2. The number of fused-ring (bicyclic) bond motifs is 2. The van der Waals surface area contributed by atoms with E-state index in [0.717, 1.165) is 11.3 Å². The molecule has 0 saturated heterocycles. The van der Waals surface area contributed by atoms with Gasteiger partial charge in [0, 0.05) is 49.4 Å². The molecule has 0 amide bonds. The number of esters is 1. The van der Waals surface area contributed by atoms with Crippen molar-refractivity contribution < 1.29 is 9.53 Å². The number of pyridine rings is 1. The van der Waals surface area contributed by atoms with E-state index >= 15 is 0 Å². The number of aromatic nitrogens is 5. The number of nitrogen functional groups attached to an aromatic ring is 1. The summed E-state index contributed by atoms with van der Waals surface area (Å²) < 4.78 is 5.96. The van der Waals surface area contributed by atoms with Crippen LogP contribution < -0.4 is 16.9 Å². The Morgan fingerprint density at radius 3 is 2.93 bits per heavy atom. The Bertz CT molecular complexity index is 1160. The summed E-state index contributed by atoms with van der Waals surface area (Å²) >= 11 is 0. The summed E-state index contributed by atoms with van der Waals surface area (Å²) in [5.74, 6) is -0.244. The van der Waals surface area contributed by atoms with Gasteiger partial charge in [0.1, 0.15) is 0 Å². The van der Waals surface area contributed by atoms with Crippen LogP contribution in [0.3, 0.4) is 0 Å². The van der Waals surface area contributed by atoms with Crippen molar-refractivity contribution in [2.75, 3.05) is 19.4 Å². The zero-order valence-electron chi connectivity index (χ0n) is 14.5. The van der Waals surface area contributed by atoms with E-state index in [1.54, 1.807) is 0 Å². The molecule has 4 rings (SSSR count). The molecule has 3 aromatic rings. The van der Waals surface area contributed by atoms with E-state index < -0.39 is 5.97 Å². The van der Waals surface area contributed by atoms with E-state index in [1.165, 1.54) is 23.8 Å². The smallest absolute Gasteiger partial charge is 0.338 e. The molecule has 0 radical (unpaired) electrons. The van der Waals surface area contributed by atoms with Crippen LogP contribution in [0, 0.1) is 0 Å². The lowest BCUT2D eigenvalue weighted by Gasteiger charge is -2.29. The van der Waals surface area contributed by atoms with Crippen molar-refractivity contribution >= 4 is 17.7 Å². The fourth-order valence-electron chi connectivity index (χ4n) is 3.29. The quantitative estimate of drug-likeness (QED) is 0.498. The van der Waals surface area contributed by atoms with Gasteiger partial charge in [0.25, 0.3) is 11.3 Å². The van der Waals surface area contributed by atoms with Gasteiger partial charge >= 0.3 is 5.97 Å². The van der Waals surface area contributed by atoms with Gasteiger partial charge in [-0.15, -0.1) is 0 Å². The van der Waals surface area contributed by atoms with Crippen molar-refractivity contribution in [1.29, 1.82) is 0 Å². The second kappa shape index (κ2) is 6.36. The monoisotopic (exact) mass is 371 g/mol. The number of nitrogens with one attached hydrogen (secondary N) is 2. The summed E-state index contributed by atoms with van der Waals surface area (Å²) in [5.41, 5.74) is 7.16. The van der Waals surface area contributed by atoms with E-state index in [4.69, 9.17) is 10.5 Å². The Labute approximate surface area is 151 Å². The molecule has 140 valence electrons. The Morgan fingerprint density at radius 1 is 1.33 bits per heavy atom. The Morgan fingerprint density at radius 2 is 2.15 bits per heavy atom. The van der Waals surface area contributed by atoms with Gasteiger partial charge < -0.3 is 15.5 Å². The molecular formula is C16H17N7O4. The Kier molecular flexibility index (Phi) is 4.00. The summed E-state index contributed by atoms with van der Waals surface area (Å²) in [6.07, 6.45) is 0.561. The number of aromatic amines is 2. The van der Waals surface area contributed by atoms with Gasteiger partial charge in [-0.1, -0.05) is 0 Å². The minimum atomic E-state index is -0.552. The van der Waals surface area contributed by atoms with Crippen molar-refractivity contribution in [3.8, 4) is 0 Å². The molecule has 0 spiro atoms. The van der Waals surface area contributed by atoms with Crippen LogP contribution in [0.25, 0.3) is 5.78 Å². The summed E-state index contributed by atoms with van der Waals surface area (Å²) in [5, 5.41) is 2.61. The van der Waals surface area contributed by atoms with Gasteiger partial charge in [-0.05, 0) is 0 Å². The predicted octanol–water partition coefficient (Wildman–Crippen LogP) is -0.967. The number of methoxy groups -OCH3 is 1. The lowest BCUT2D eigenvalue weighted by Crippen LogP contribution is -2.34. The molecule has 0 aliphatic carbocycles. The highest BCUT2D eigenvalue weighted by atomic mass is 16.5. The maximum Gasteiger partial charge on any atom is 0.338 e. The minimum absolute atomic E-state index is 0.107. The first-order valence-corrected chi connectivity index (χ1v) is 8.24. The van der Waals surface area contributed by atoms with Crippen molar-refractivity contribution in [1.82, 2.24) is 29.5 Å². The zero-order valence-corrected chi connectivity index (χ0v) is 14.5. The van der Waals surface area contributed by atoms with Crippen LogP contribution in [0.2, 0.25) is 0 Å². The summed E-state index contributed by atoms with van der Waals surface area (Å²) in [6.45, 7) is 1.44. The topological polar surface area (TPSA) is 151 Å². The van der Waals surface area contributed by atoms with Crippen LogP contribution >= 0.6 is 0 Å². The van der Waals surface area contributed by atoms with E-state index in [2.05, 4.69) is 20.1 Å². The highest BCUT2D eigenvalue weighted by Gasteiger charge is 2.24. The molecule has 11 nitrogen and oxygen atoms in total. The third kappa shape index (κ3) is 3.08. The molecule has 0 fully saturated rings.